The minimum atomic E-state index is -0.817. The molecular weight excluding hydrogens is 374 g/mol. The van der Waals surface area contributed by atoms with Crippen molar-refractivity contribution in [3.8, 4) is 0 Å². The third-order valence-corrected chi connectivity index (χ3v) is 5.93. The third kappa shape index (κ3) is 4.82. The fourth-order valence-electron chi connectivity index (χ4n) is 4.32. The van der Waals surface area contributed by atoms with Crippen molar-refractivity contribution in [1.29, 1.82) is 0 Å². The standard InChI is InChI=1S/C23H26F2N2O2/c24-20-8-7-19(13-21(20)25)14-26-11-4-9-23(10-12-26)17-27(22(28)16-29-23)15-18-5-2-1-3-6-18/h1-3,5-8,13H,4,9-12,14-17H2. The van der Waals surface area contributed by atoms with Crippen molar-refractivity contribution in [2.24, 2.45) is 0 Å². The van der Waals surface area contributed by atoms with E-state index in [0.717, 1.165) is 43.5 Å². The van der Waals surface area contributed by atoms with Gasteiger partial charge in [-0.1, -0.05) is 36.4 Å². The lowest BCUT2D eigenvalue weighted by Gasteiger charge is -2.42. The number of halogens is 2. The number of amides is 1. The van der Waals surface area contributed by atoms with Gasteiger partial charge in [0.15, 0.2) is 11.6 Å². The summed E-state index contributed by atoms with van der Waals surface area (Å²) in [4.78, 5) is 16.6. The molecule has 0 saturated carbocycles. The Labute approximate surface area is 170 Å². The Morgan fingerprint density at radius 2 is 1.76 bits per heavy atom. The van der Waals surface area contributed by atoms with Crippen LogP contribution in [0.3, 0.4) is 0 Å². The van der Waals surface area contributed by atoms with E-state index in [1.54, 1.807) is 6.07 Å². The number of carbonyl (C=O) groups excluding carboxylic acids is 1. The van der Waals surface area contributed by atoms with Gasteiger partial charge in [0.25, 0.3) is 0 Å². The van der Waals surface area contributed by atoms with Gasteiger partial charge in [-0.2, -0.15) is 0 Å². The van der Waals surface area contributed by atoms with Crippen LogP contribution < -0.4 is 0 Å². The zero-order valence-electron chi connectivity index (χ0n) is 16.4. The first-order valence-corrected chi connectivity index (χ1v) is 10.1. The van der Waals surface area contributed by atoms with Crippen molar-refractivity contribution in [1.82, 2.24) is 9.80 Å². The highest BCUT2D eigenvalue weighted by molar-refractivity contribution is 5.78. The molecule has 2 aliphatic rings. The molecule has 1 unspecified atom stereocenters. The maximum atomic E-state index is 13.5. The van der Waals surface area contributed by atoms with E-state index in [1.807, 2.05) is 35.2 Å². The van der Waals surface area contributed by atoms with Crippen molar-refractivity contribution in [2.75, 3.05) is 26.2 Å². The number of hydrogen-bond acceptors (Lipinski definition) is 3. The fourth-order valence-corrected chi connectivity index (χ4v) is 4.32. The summed E-state index contributed by atoms with van der Waals surface area (Å²) in [6, 6.07) is 14.1. The Kier molecular flexibility index (Phi) is 5.92. The molecule has 0 N–H and O–H groups in total. The number of rotatable bonds is 4. The van der Waals surface area contributed by atoms with E-state index >= 15 is 0 Å². The lowest BCUT2D eigenvalue weighted by Crippen LogP contribution is -2.54. The van der Waals surface area contributed by atoms with Gasteiger partial charge in [0.1, 0.15) is 6.61 Å². The van der Waals surface area contributed by atoms with Gasteiger partial charge in [-0.05, 0) is 49.1 Å². The van der Waals surface area contributed by atoms with E-state index in [2.05, 4.69) is 4.90 Å². The zero-order valence-corrected chi connectivity index (χ0v) is 16.4. The van der Waals surface area contributed by atoms with Crippen molar-refractivity contribution in [3.05, 3.63) is 71.3 Å². The molecule has 0 bridgehead atoms. The largest absolute Gasteiger partial charge is 0.363 e. The Balaban J connectivity index is 1.39. The molecule has 1 atom stereocenters. The number of carbonyl (C=O) groups is 1. The molecule has 0 aromatic heterocycles. The molecule has 4 rings (SSSR count). The average Bonchev–Trinajstić information content (AvgIpc) is 2.91. The molecule has 2 saturated heterocycles. The second-order valence-corrected chi connectivity index (χ2v) is 8.09. The van der Waals surface area contributed by atoms with E-state index < -0.39 is 11.6 Å². The Hall–Kier alpha value is -2.31. The second kappa shape index (κ2) is 8.59. The number of ether oxygens (including phenoxy) is 1. The number of likely N-dealkylation sites (tertiary alicyclic amines) is 1. The van der Waals surface area contributed by atoms with Crippen LogP contribution >= 0.6 is 0 Å². The minimum Gasteiger partial charge on any atom is -0.363 e. The van der Waals surface area contributed by atoms with Crippen LogP contribution in [0.4, 0.5) is 8.78 Å². The van der Waals surface area contributed by atoms with Crippen molar-refractivity contribution >= 4 is 5.91 Å². The fraction of sp³-hybridized carbons (Fsp3) is 0.435. The van der Waals surface area contributed by atoms with Crippen LogP contribution in [0.25, 0.3) is 0 Å². The predicted molar refractivity (Wildman–Crippen MR) is 106 cm³/mol. The molecule has 154 valence electrons. The molecule has 2 fully saturated rings. The van der Waals surface area contributed by atoms with Gasteiger partial charge in [-0.15, -0.1) is 0 Å². The Bertz CT molecular complexity index is 861. The first kappa shape index (κ1) is 20.0. The highest BCUT2D eigenvalue weighted by Crippen LogP contribution is 2.31. The van der Waals surface area contributed by atoms with Gasteiger partial charge in [-0.25, -0.2) is 8.78 Å². The molecule has 1 spiro atoms. The summed E-state index contributed by atoms with van der Waals surface area (Å²) in [6.45, 7) is 3.57. The molecule has 6 heteroatoms. The van der Waals surface area contributed by atoms with Crippen LogP contribution in [0, 0.1) is 11.6 Å². The normalized spacial score (nSPS) is 23.4. The first-order chi connectivity index (χ1) is 14.0. The van der Waals surface area contributed by atoms with Gasteiger partial charge in [0.05, 0.1) is 12.1 Å². The van der Waals surface area contributed by atoms with Crippen LogP contribution in [0.1, 0.15) is 30.4 Å². The van der Waals surface area contributed by atoms with Gasteiger partial charge < -0.3 is 9.64 Å². The molecule has 2 aromatic carbocycles. The lowest BCUT2D eigenvalue weighted by molar-refractivity contribution is -0.166. The number of hydrogen-bond donors (Lipinski definition) is 0. The molecule has 29 heavy (non-hydrogen) atoms. The van der Waals surface area contributed by atoms with Crippen LogP contribution in [0.15, 0.2) is 48.5 Å². The third-order valence-electron chi connectivity index (χ3n) is 5.93. The van der Waals surface area contributed by atoms with Gasteiger partial charge in [-0.3, -0.25) is 9.69 Å². The zero-order chi connectivity index (χ0) is 20.3. The molecule has 2 heterocycles. The SMILES string of the molecule is O=C1COC2(CCCN(Cc3ccc(F)c(F)c3)CC2)CN1Cc1ccccc1. The summed E-state index contributed by atoms with van der Waals surface area (Å²) < 4.78 is 32.7. The highest BCUT2D eigenvalue weighted by atomic mass is 19.2. The molecule has 1 amide bonds. The van der Waals surface area contributed by atoms with E-state index in [-0.39, 0.29) is 18.1 Å². The number of benzene rings is 2. The number of nitrogens with zero attached hydrogens (tertiary/aromatic N) is 2. The summed E-state index contributed by atoms with van der Waals surface area (Å²) >= 11 is 0. The summed E-state index contributed by atoms with van der Waals surface area (Å²) in [5.41, 5.74) is 1.56. The van der Waals surface area contributed by atoms with E-state index in [0.29, 0.717) is 19.6 Å². The van der Waals surface area contributed by atoms with Crippen LogP contribution in [0.5, 0.6) is 0 Å². The van der Waals surface area contributed by atoms with E-state index in [1.165, 1.54) is 12.1 Å². The first-order valence-electron chi connectivity index (χ1n) is 10.1. The summed E-state index contributed by atoms with van der Waals surface area (Å²) in [7, 11) is 0. The predicted octanol–water partition coefficient (Wildman–Crippen LogP) is 3.75. The van der Waals surface area contributed by atoms with Gasteiger partial charge in [0.2, 0.25) is 5.91 Å². The maximum absolute atomic E-state index is 13.5. The van der Waals surface area contributed by atoms with Crippen molar-refractivity contribution in [3.63, 3.8) is 0 Å². The van der Waals surface area contributed by atoms with Gasteiger partial charge in [0, 0.05) is 19.6 Å². The molecule has 0 radical (unpaired) electrons. The van der Waals surface area contributed by atoms with Crippen molar-refractivity contribution < 1.29 is 18.3 Å². The smallest absolute Gasteiger partial charge is 0.248 e. The highest BCUT2D eigenvalue weighted by Gasteiger charge is 2.40. The summed E-state index contributed by atoms with van der Waals surface area (Å²) in [6.07, 6.45) is 2.64. The average molecular weight is 400 g/mol. The van der Waals surface area contributed by atoms with Crippen LogP contribution in [-0.4, -0.2) is 47.5 Å². The minimum absolute atomic E-state index is 0.0300. The molecular formula is C23H26F2N2O2. The topological polar surface area (TPSA) is 32.8 Å². The molecule has 4 nitrogen and oxygen atoms in total. The number of morpholine rings is 1. The van der Waals surface area contributed by atoms with Crippen LogP contribution in [-0.2, 0) is 22.6 Å². The summed E-state index contributed by atoms with van der Waals surface area (Å²) in [5.74, 6) is -1.59. The van der Waals surface area contributed by atoms with E-state index in [9.17, 15) is 13.6 Å². The van der Waals surface area contributed by atoms with E-state index in [4.69, 9.17) is 4.74 Å². The maximum Gasteiger partial charge on any atom is 0.248 e. The molecule has 0 aliphatic carbocycles. The summed E-state index contributed by atoms with van der Waals surface area (Å²) in [5, 5.41) is 0. The quantitative estimate of drug-likeness (QED) is 0.784. The second-order valence-electron chi connectivity index (χ2n) is 8.09. The molecule has 2 aromatic rings. The van der Waals surface area contributed by atoms with Gasteiger partial charge >= 0.3 is 0 Å². The lowest BCUT2D eigenvalue weighted by atomic mass is 9.92. The Morgan fingerprint density at radius 1 is 0.931 bits per heavy atom. The monoisotopic (exact) mass is 400 g/mol. The van der Waals surface area contributed by atoms with Crippen molar-refractivity contribution in [2.45, 2.75) is 38.0 Å². The molecule has 2 aliphatic heterocycles. The Morgan fingerprint density at radius 3 is 2.55 bits per heavy atom. The van der Waals surface area contributed by atoms with Crippen LogP contribution in [0.2, 0.25) is 0 Å².